The molecule has 33 heavy (non-hydrogen) atoms. The summed E-state index contributed by atoms with van der Waals surface area (Å²) in [5.41, 5.74) is 1.42. The molecule has 0 aliphatic carbocycles. The van der Waals surface area contributed by atoms with Gasteiger partial charge in [0.25, 0.3) is 5.91 Å². The Labute approximate surface area is 204 Å². The number of sulfonamides is 1. The Morgan fingerprint density at radius 2 is 1.85 bits per heavy atom. The van der Waals surface area contributed by atoms with E-state index in [1.54, 1.807) is 46.1 Å². The van der Waals surface area contributed by atoms with Gasteiger partial charge in [0.1, 0.15) is 0 Å². The van der Waals surface area contributed by atoms with E-state index < -0.39 is 15.9 Å². The lowest BCUT2D eigenvalue weighted by Crippen LogP contribution is -2.32. The van der Waals surface area contributed by atoms with Gasteiger partial charge in [-0.3, -0.25) is 4.79 Å². The zero-order valence-corrected chi connectivity index (χ0v) is 21.2. The van der Waals surface area contributed by atoms with Crippen LogP contribution in [0, 0.1) is 0 Å². The fourth-order valence-corrected chi connectivity index (χ4v) is 6.22. The van der Waals surface area contributed by atoms with Crippen molar-refractivity contribution in [1.29, 1.82) is 0 Å². The first-order chi connectivity index (χ1) is 16.0. The number of amides is 1. The predicted molar refractivity (Wildman–Crippen MR) is 135 cm³/mol. The highest BCUT2D eigenvalue weighted by Gasteiger charge is 2.15. The van der Waals surface area contributed by atoms with Crippen molar-refractivity contribution >= 4 is 39.0 Å². The lowest BCUT2D eigenvalue weighted by Gasteiger charge is -2.08. The maximum absolute atomic E-state index is 12.3. The zero-order valence-electron chi connectivity index (χ0n) is 18.8. The van der Waals surface area contributed by atoms with Crippen molar-refractivity contribution in [2.24, 2.45) is 0 Å². The van der Waals surface area contributed by atoms with Crippen LogP contribution in [0.15, 0.2) is 48.9 Å². The molecule has 1 amide bonds. The minimum atomic E-state index is -3.61. The number of hydrogen-bond acceptors (Lipinski definition) is 7. The summed E-state index contributed by atoms with van der Waals surface area (Å²) in [7, 11) is -3.61. The number of hydrogen-bond donors (Lipinski definition) is 1. The van der Waals surface area contributed by atoms with Gasteiger partial charge < -0.3 is 0 Å². The molecular formula is C23H30N4O3S3. The Balaban J connectivity index is 1.40. The van der Waals surface area contributed by atoms with Crippen LogP contribution in [0.1, 0.15) is 66.2 Å². The van der Waals surface area contributed by atoms with E-state index in [9.17, 15) is 13.2 Å². The highest BCUT2D eigenvalue weighted by molar-refractivity contribution is 7.97. The molecular weight excluding hydrogens is 476 g/mol. The topological polar surface area (TPSA) is 94.0 Å². The van der Waals surface area contributed by atoms with E-state index in [1.807, 2.05) is 30.6 Å². The molecule has 10 heteroatoms. The van der Waals surface area contributed by atoms with E-state index in [1.165, 1.54) is 6.42 Å². The van der Waals surface area contributed by atoms with Gasteiger partial charge in [0.15, 0.2) is 0 Å². The second-order valence-corrected chi connectivity index (χ2v) is 11.7. The van der Waals surface area contributed by atoms with Crippen molar-refractivity contribution in [3.05, 3.63) is 64.9 Å². The molecule has 3 rings (SSSR count). The quantitative estimate of drug-likeness (QED) is 0.303. The first kappa shape index (κ1) is 25.5. The molecule has 0 fully saturated rings. The molecule has 3 aromatic rings. The normalized spacial score (nSPS) is 11.5. The highest BCUT2D eigenvalue weighted by atomic mass is 32.2. The number of unbranched alkanes of at least 4 members (excludes halogenated alkanes) is 5. The van der Waals surface area contributed by atoms with Crippen LogP contribution < -0.4 is 4.72 Å². The van der Waals surface area contributed by atoms with E-state index in [2.05, 4.69) is 21.7 Å². The Morgan fingerprint density at radius 3 is 2.58 bits per heavy atom. The molecule has 7 nitrogen and oxygen atoms in total. The number of nitrogens with zero attached hydrogens (tertiary/aromatic N) is 3. The summed E-state index contributed by atoms with van der Waals surface area (Å²) in [5, 5.41) is 5.03. The number of thioether (sulfide) groups is 1. The summed E-state index contributed by atoms with van der Waals surface area (Å²) < 4.78 is 28.3. The first-order valence-electron chi connectivity index (χ1n) is 11.1. The van der Waals surface area contributed by atoms with Crippen LogP contribution in [-0.4, -0.2) is 34.8 Å². The molecule has 2 heterocycles. The average molecular weight is 507 g/mol. The second kappa shape index (κ2) is 12.9. The molecule has 0 saturated carbocycles. The molecule has 1 N–H and O–H groups in total. The summed E-state index contributed by atoms with van der Waals surface area (Å²) in [6.07, 6.45) is 11.4. The van der Waals surface area contributed by atoms with Crippen molar-refractivity contribution in [2.45, 2.75) is 57.0 Å². The number of thiazole rings is 1. The molecule has 2 aromatic heterocycles. The highest BCUT2D eigenvalue weighted by Crippen LogP contribution is 2.24. The molecule has 1 aromatic carbocycles. The summed E-state index contributed by atoms with van der Waals surface area (Å²) in [6.45, 7) is 2.15. The minimum Gasteiger partial charge on any atom is -0.268 e. The van der Waals surface area contributed by atoms with E-state index in [4.69, 9.17) is 0 Å². The molecule has 0 aliphatic rings. The number of aromatic nitrogens is 3. The monoisotopic (exact) mass is 506 g/mol. The van der Waals surface area contributed by atoms with Crippen molar-refractivity contribution in [2.75, 3.05) is 5.75 Å². The van der Waals surface area contributed by atoms with E-state index in [-0.39, 0.29) is 5.75 Å². The first-order valence-corrected chi connectivity index (χ1v) is 14.8. The van der Waals surface area contributed by atoms with E-state index >= 15 is 0 Å². The molecule has 0 unspecified atom stereocenters. The lowest BCUT2D eigenvalue weighted by atomic mass is 10.1. The standard InChI is InChI=1S/C23H30N4O3S3/c1-2-3-4-5-6-7-15-33(29,30)26-22(28)20-11-9-19(10-12-20)17-31-18-21-16-24-23(32-21)27-14-8-13-25-27/h8-14,16H,2-7,15,17-18H2,1H3,(H,26,28). The van der Waals surface area contributed by atoms with Crippen molar-refractivity contribution in [3.63, 3.8) is 0 Å². The second-order valence-electron chi connectivity index (χ2n) is 7.77. The molecule has 0 bridgehead atoms. The van der Waals surface area contributed by atoms with Crippen LogP contribution in [0.2, 0.25) is 0 Å². The fraction of sp³-hybridized carbons (Fsp3) is 0.435. The molecule has 0 radical (unpaired) electrons. The summed E-state index contributed by atoms with van der Waals surface area (Å²) in [5.74, 6) is 1.03. The number of carbonyl (C=O) groups is 1. The van der Waals surface area contributed by atoms with E-state index in [0.29, 0.717) is 12.0 Å². The van der Waals surface area contributed by atoms with Gasteiger partial charge in [0.2, 0.25) is 15.2 Å². The Morgan fingerprint density at radius 1 is 1.09 bits per heavy atom. The van der Waals surface area contributed by atoms with Gasteiger partial charge in [0, 0.05) is 40.5 Å². The van der Waals surface area contributed by atoms with Crippen LogP contribution in [0.3, 0.4) is 0 Å². The summed E-state index contributed by atoms with van der Waals surface area (Å²) in [4.78, 5) is 17.9. The van der Waals surface area contributed by atoms with Crippen LogP contribution in [0.25, 0.3) is 5.13 Å². The largest absolute Gasteiger partial charge is 0.268 e. The number of benzene rings is 1. The van der Waals surface area contributed by atoms with E-state index in [0.717, 1.165) is 52.8 Å². The molecule has 0 aliphatic heterocycles. The Kier molecular flexibility index (Phi) is 9.95. The Hall–Kier alpha value is -2.17. The Bertz CT molecular complexity index is 1090. The number of rotatable bonds is 14. The maximum atomic E-state index is 12.3. The van der Waals surface area contributed by atoms with Gasteiger partial charge in [-0.2, -0.15) is 16.9 Å². The van der Waals surface area contributed by atoms with Gasteiger partial charge in [0.05, 0.1) is 5.75 Å². The van der Waals surface area contributed by atoms with Gasteiger partial charge in [-0.05, 0) is 30.2 Å². The van der Waals surface area contributed by atoms with Crippen molar-refractivity contribution in [1.82, 2.24) is 19.5 Å². The lowest BCUT2D eigenvalue weighted by molar-refractivity contribution is 0.0981. The third-order valence-electron chi connectivity index (χ3n) is 4.99. The maximum Gasteiger partial charge on any atom is 0.264 e. The van der Waals surface area contributed by atoms with Gasteiger partial charge in [-0.1, -0.05) is 62.5 Å². The van der Waals surface area contributed by atoms with Gasteiger partial charge in [-0.15, -0.1) is 0 Å². The van der Waals surface area contributed by atoms with Crippen LogP contribution in [0.4, 0.5) is 0 Å². The van der Waals surface area contributed by atoms with Crippen LogP contribution >= 0.6 is 23.1 Å². The minimum absolute atomic E-state index is 0.0146. The number of carbonyl (C=O) groups excluding carboxylic acids is 1. The third kappa shape index (κ3) is 8.60. The molecule has 178 valence electrons. The number of nitrogens with one attached hydrogen (secondary N) is 1. The van der Waals surface area contributed by atoms with Gasteiger partial charge in [-0.25, -0.2) is 22.8 Å². The van der Waals surface area contributed by atoms with Crippen LogP contribution in [0.5, 0.6) is 0 Å². The molecule has 0 atom stereocenters. The predicted octanol–water partition coefficient (Wildman–Crippen LogP) is 5.18. The third-order valence-corrected chi connectivity index (χ3v) is 8.53. The average Bonchev–Trinajstić information content (AvgIpc) is 3.48. The smallest absolute Gasteiger partial charge is 0.264 e. The van der Waals surface area contributed by atoms with Crippen molar-refractivity contribution in [3.8, 4) is 5.13 Å². The molecule has 0 saturated heterocycles. The SMILES string of the molecule is CCCCCCCCS(=O)(=O)NC(=O)c1ccc(CSCc2cnc(-n3cccn3)s2)cc1. The summed E-state index contributed by atoms with van der Waals surface area (Å²) >= 11 is 3.36. The van der Waals surface area contributed by atoms with Gasteiger partial charge >= 0.3 is 0 Å². The zero-order chi connectivity index (χ0) is 23.5. The van der Waals surface area contributed by atoms with Crippen LogP contribution in [-0.2, 0) is 21.5 Å². The fourth-order valence-electron chi connectivity index (χ4n) is 3.20. The molecule has 0 spiro atoms. The summed E-state index contributed by atoms with van der Waals surface area (Å²) in [6, 6.07) is 8.95. The van der Waals surface area contributed by atoms with Crippen molar-refractivity contribution < 1.29 is 13.2 Å².